The summed E-state index contributed by atoms with van der Waals surface area (Å²) in [4.78, 5) is 0. The van der Waals surface area contributed by atoms with Gasteiger partial charge in [0.05, 0.1) is 0 Å². The van der Waals surface area contributed by atoms with E-state index in [1.54, 1.807) is 12.1 Å². The van der Waals surface area contributed by atoms with E-state index in [1.807, 2.05) is 6.07 Å². The minimum absolute atomic E-state index is 0.121. The summed E-state index contributed by atoms with van der Waals surface area (Å²) in [7, 11) is 0. The molecule has 2 rings (SSSR count). The molecule has 2 heteroatoms. The molecule has 1 aromatic carbocycles. The van der Waals surface area contributed by atoms with Gasteiger partial charge in [-0.1, -0.05) is 13.0 Å². The first-order chi connectivity index (χ1) is 6.72. The third kappa shape index (κ3) is 1.55. The lowest BCUT2D eigenvalue weighted by Gasteiger charge is -2.15. The number of fused-ring (bicyclic) bond motifs is 1. The van der Waals surface area contributed by atoms with Gasteiger partial charge in [-0.3, -0.25) is 0 Å². The standard InChI is InChI=1S/C12H16FN/c1-8-6-9-7-10(13)2-3-12(9)11(8)4-5-14/h2-3,7-8,11H,4-6,14H2,1H3. The number of nitrogens with two attached hydrogens (primary N) is 1. The summed E-state index contributed by atoms with van der Waals surface area (Å²) in [6, 6.07) is 5.15. The van der Waals surface area contributed by atoms with E-state index < -0.39 is 0 Å². The van der Waals surface area contributed by atoms with Crippen molar-refractivity contribution in [2.24, 2.45) is 11.7 Å². The Labute approximate surface area is 84.1 Å². The summed E-state index contributed by atoms with van der Waals surface area (Å²) < 4.78 is 13.0. The lowest BCUT2D eigenvalue weighted by molar-refractivity contribution is 0.475. The van der Waals surface area contributed by atoms with Crippen LogP contribution in [0.5, 0.6) is 0 Å². The molecule has 2 N–H and O–H groups in total. The van der Waals surface area contributed by atoms with Gasteiger partial charge in [0, 0.05) is 0 Å². The van der Waals surface area contributed by atoms with Crippen LogP contribution in [0.15, 0.2) is 18.2 Å². The zero-order valence-corrected chi connectivity index (χ0v) is 8.46. The average Bonchev–Trinajstić information content (AvgIpc) is 2.43. The molecule has 0 aromatic heterocycles. The third-order valence-electron chi connectivity index (χ3n) is 3.21. The highest BCUT2D eigenvalue weighted by Gasteiger charge is 2.28. The van der Waals surface area contributed by atoms with E-state index in [0.29, 0.717) is 18.4 Å². The number of hydrogen-bond donors (Lipinski definition) is 1. The number of hydrogen-bond acceptors (Lipinski definition) is 1. The molecule has 1 aliphatic carbocycles. The molecule has 2 atom stereocenters. The van der Waals surface area contributed by atoms with Crippen LogP contribution in [-0.4, -0.2) is 6.54 Å². The van der Waals surface area contributed by atoms with Crippen molar-refractivity contribution in [2.45, 2.75) is 25.7 Å². The van der Waals surface area contributed by atoms with Crippen molar-refractivity contribution in [3.8, 4) is 0 Å². The van der Waals surface area contributed by atoms with Gasteiger partial charge in [0.2, 0.25) is 0 Å². The summed E-state index contributed by atoms with van der Waals surface area (Å²) in [5.74, 6) is 1.02. The summed E-state index contributed by atoms with van der Waals surface area (Å²) in [5, 5.41) is 0. The molecule has 0 bridgehead atoms. The fraction of sp³-hybridized carbons (Fsp3) is 0.500. The van der Waals surface area contributed by atoms with Crippen LogP contribution in [0.1, 0.15) is 30.4 Å². The van der Waals surface area contributed by atoms with Crippen LogP contribution in [0.25, 0.3) is 0 Å². The Morgan fingerprint density at radius 2 is 2.29 bits per heavy atom. The van der Waals surface area contributed by atoms with Crippen LogP contribution in [-0.2, 0) is 6.42 Å². The molecule has 0 saturated heterocycles. The molecule has 0 spiro atoms. The first kappa shape index (κ1) is 9.66. The second-order valence-corrected chi connectivity index (χ2v) is 4.21. The predicted molar refractivity (Wildman–Crippen MR) is 55.7 cm³/mol. The fourth-order valence-electron chi connectivity index (χ4n) is 2.53. The molecule has 76 valence electrons. The topological polar surface area (TPSA) is 26.0 Å². The van der Waals surface area contributed by atoms with Gasteiger partial charge in [-0.05, 0) is 54.5 Å². The van der Waals surface area contributed by atoms with Crippen molar-refractivity contribution in [1.82, 2.24) is 0 Å². The van der Waals surface area contributed by atoms with Gasteiger partial charge in [-0.25, -0.2) is 4.39 Å². The summed E-state index contributed by atoms with van der Waals surface area (Å²) >= 11 is 0. The molecule has 1 aromatic rings. The molecule has 1 aliphatic rings. The Bertz CT molecular complexity index is 335. The van der Waals surface area contributed by atoms with Gasteiger partial charge >= 0.3 is 0 Å². The lowest BCUT2D eigenvalue weighted by Crippen LogP contribution is -2.10. The molecule has 1 nitrogen and oxygen atoms in total. The predicted octanol–water partition coefficient (Wildman–Crippen LogP) is 2.45. The smallest absolute Gasteiger partial charge is 0.123 e. The van der Waals surface area contributed by atoms with Crippen LogP contribution in [0.2, 0.25) is 0 Å². The maximum atomic E-state index is 13.0. The Hall–Kier alpha value is -0.890. The summed E-state index contributed by atoms with van der Waals surface area (Å²) in [5.41, 5.74) is 8.07. The number of benzene rings is 1. The van der Waals surface area contributed by atoms with Gasteiger partial charge in [0.15, 0.2) is 0 Å². The van der Waals surface area contributed by atoms with E-state index in [9.17, 15) is 4.39 Å². The maximum Gasteiger partial charge on any atom is 0.123 e. The average molecular weight is 193 g/mol. The SMILES string of the molecule is CC1Cc2cc(F)ccc2C1CCN. The Balaban J connectivity index is 2.33. The van der Waals surface area contributed by atoms with E-state index in [1.165, 1.54) is 11.1 Å². The first-order valence-corrected chi connectivity index (χ1v) is 5.20. The second kappa shape index (κ2) is 3.70. The van der Waals surface area contributed by atoms with Crippen molar-refractivity contribution in [1.29, 1.82) is 0 Å². The number of halogens is 1. The molecule has 14 heavy (non-hydrogen) atoms. The van der Waals surface area contributed by atoms with Crippen molar-refractivity contribution < 1.29 is 4.39 Å². The minimum atomic E-state index is -0.121. The number of rotatable bonds is 2. The zero-order valence-electron chi connectivity index (χ0n) is 8.46. The molecule has 0 radical (unpaired) electrons. The third-order valence-corrected chi connectivity index (χ3v) is 3.21. The van der Waals surface area contributed by atoms with Crippen molar-refractivity contribution in [3.63, 3.8) is 0 Å². The van der Waals surface area contributed by atoms with Gasteiger partial charge in [-0.15, -0.1) is 0 Å². The zero-order chi connectivity index (χ0) is 10.1. The Morgan fingerprint density at radius 3 is 3.00 bits per heavy atom. The van der Waals surface area contributed by atoms with Gasteiger partial charge < -0.3 is 5.73 Å². The van der Waals surface area contributed by atoms with Gasteiger partial charge in [-0.2, -0.15) is 0 Å². The van der Waals surface area contributed by atoms with E-state index in [0.717, 1.165) is 12.8 Å². The monoisotopic (exact) mass is 193 g/mol. The van der Waals surface area contributed by atoms with Crippen LogP contribution in [0.4, 0.5) is 4.39 Å². The summed E-state index contributed by atoms with van der Waals surface area (Å²) in [6.07, 6.45) is 2.01. The molecular weight excluding hydrogens is 177 g/mol. The van der Waals surface area contributed by atoms with E-state index in [4.69, 9.17) is 5.73 Å². The minimum Gasteiger partial charge on any atom is -0.330 e. The van der Waals surface area contributed by atoms with E-state index in [2.05, 4.69) is 6.92 Å². The largest absolute Gasteiger partial charge is 0.330 e. The van der Waals surface area contributed by atoms with Crippen molar-refractivity contribution in [3.05, 3.63) is 35.1 Å². The van der Waals surface area contributed by atoms with Crippen molar-refractivity contribution >= 4 is 0 Å². The highest BCUT2D eigenvalue weighted by Crippen LogP contribution is 2.39. The quantitative estimate of drug-likeness (QED) is 0.767. The first-order valence-electron chi connectivity index (χ1n) is 5.20. The molecule has 0 fully saturated rings. The highest BCUT2D eigenvalue weighted by molar-refractivity contribution is 5.36. The highest BCUT2D eigenvalue weighted by atomic mass is 19.1. The van der Waals surface area contributed by atoms with Crippen molar-refractivity contribution in [2.75, 3.05) is 6.54 Å². The molecule has 2 unspecified atom stereocenters. The molecular formula is C12H16FN. The van der Waals surface area contributed by atoms with Crippen LogP contribution >= 0.6 is 0 Å². The van der Waals surface area contributed by atoms with Gasteiger partial charge in [0.1, 0.15) is 5.82 Å². The maximum absolute atomic E-state index is 13.0. The normalized spacial score (nSPS) is 25.1. The lowest BCUT2D eigenvalue weighted by atomic mass is 9.91. The van der Waals surface area contributed by atoms with Crippen LogP contribution < -0.4 is 5.73 Å². The van der Waals surface area contributed by atoms with Crippen LogP contribution in [0, 0.1) is 11.7 Å². The molecule has 0 amide bonds. The summed E-state index contributed by atoms with van der Waals surface area (Å²) in [6.45, 7) is 2.93. The van der Waals surface area contributed by atoms with Gasteiger partial charge in [0.25, 0.3) is 0 Å². The molecule has 0 aliphatic heterocycles. The van der Waals surface area contributed by atoms with Crippen LogP contribution in [0.3, 0.4) is 0 Å². The second-order valence-electron chi connectivity index (χ2n) is 4.21. The Morgan fingerprint density at radius 1 is 1.50 bits per heavy atom. The Kier molecular flexibility index (Phi) is 2.55. The molecule has 0 saturated carbocycles. The fourth-order valence-corrected chi connectivity index (χ4v) is 2.53. The van der Waals surface area contributed by atoms with E-state index >= 15 is 0 Å². The molecule has 0 heterocycles. The van der Waals surface area contributed by atoms with E-state index in [-0.39, 0.29) is 5.82 Å².